The zero-order valence-electron chi connectivity index (χ0n) is 17.2. The van der Waals surface area contributed by atoms with Crippen LogP contribution in [-0.2, 0) is 0 Å². The van der Waals surface area contributed by atoms with Crippen molar-refractivity contribution in [2.24, 2.45) is 0 Å². The van der Waals surface area contributed by atoms with Gasteiger partial charge in [-0.25, -0.2) is 4.98 Å². The Labute approximate surface area is 183 Å². The number of nitrogens with zero attached hydrogens (tertiary/aromatic N) is 5. The Morgan fingerprint density at radius 3 is 2.81 bits per heavy atom. The zero-order valence-corrected chi connectivity index (χ0v) is 17.9. The van der Waals surface area contributed by atoms with Crippen LogP contribution >= 0.6 is 11.6 Å². The number of H-pyrrole nitrogens is 1. The largest absolute Gasteiger partial charge is 0.497 e. The van der Waals surface area contributed by atoms with E-state index in [1.807, 2.05) is 24.0 Å². The van der Waals surface area contributed by atoms with E-state index in [2.05, 4.69) is 15.2 Å². The maximum atomic E-state index is 13.7. The molecule has 1 amide bonds. The SMILES string of the molecule is COc1ccc(-n2nccn2)c(C(=O)N2CCC[C@H]2c2nc3c(C)c(Cl)ccc3[nH]2)c1. The fourth-order valence-corrected chi connectivity index (χ4v) is 4.29. The number of ether oxygens (including phenoxy) is 1. The second-order valence-corrected chi connectivity index (χ2v) is 7.96. The van der Waals surface area contributed by atoms with Gasteiger partial charge in [-0.15, -0.1) is 0 Å². The average Bonchev–Trinajstić information content (AvgIpc) is 3.55. The van der Waals surface area contributed by atoms with Crippen LogP contribution in [0.3, 0.4) is 0 Å². The number of hydrogen-bond donors (Lipinski definition) is 1. The molecule has 3 heterocycles. The van der Waals surface area contributed by atoms with Gasteiger partial charge in [-0.2, -0.15) is 15.0 Å². The quantitative estimate of drug-likeness (QED) is 0.520. The topological polar surface area (TPSA) is 88.9 Å². The maximum absolute atomic E-state index is 13.7. The summed E-state index contributed by atoms with van der Waals surface area (Å²) in [5.74, 6) is 1.26. The summed E-state index contributed by atoms with van der Waals surface area (Å²) in [6, 6.07) is 8.96. The number of aromatic amines is 1. The molecule has 1 atom stereocenters. The molecule has 9 heteroatoms. The molecule has 0 unspecified atom stereocenters. The Bertz CT molecular complexity index is 1270. The summed E-state index contributed by atoms with van der Waals surface area (Å²) >= 11 is 6.27. The number of fused-ring (bicyclic) bond motifs is 1. The maximum Gasteiger partial charge on any atom is 0.256 e. The second-order valence-electron chi connectivity index (χ2n) is 7.55. The van der Waals surface area contributed by atoms with Crippen molar-refractivity contribution < 1.29 is 9.53 Å². The highest BCUT2D eigenvalue weighted by atomic mass is 35.5. The number of carbonyl (C=O) groups is 1. The van der Waals surface area contributed by atoms with Crippen molar-refractivity contribution in [2.45, 2.75) is 25.8 Å². The van der Waals surface area contributed by atoms with Crippen molar-refractivity contribution in [3.8, 4) is 11.4 Å². The summed E-state index contributed by atoms with van der Waals surface area (Å²) in [6.45, 7) is 2.59. The number of hydrogen-bond acceptors (Lipinski definition) is 5. The number of amides is 1. The highest BCUT2D eigenvalue weighted by Crippen LogP contribution is 2.35. The molecular formula is C22H21ClN6O2. The lowest BCUT2D eigenvalue weighted by atomic mass is 10.1. The number of imidazole rings is 1. The summed E-state index contributed by atoms with van der Waals surface area (Å²) < 4.78 is 5.36. The van der Waals surface area contributed by atoms with Gasteiger partial charge in [-0.05, 0) is 55.7 Å². The number of likely N-dealkylation sites (tertiary alicyclic amines) is 1. The third-order valence-electron chi connectivity index (χ3n) is 5.76. The fraction of sp³-hybridized carbons (Fsp3) is 0.273. The first-order chi connectivity index (χ1) is 15.1. The number of methoxy groups -OCH3 is 1. The molecule has 0 radical (unpaired) electrons. The van der Waals surface area contributed by atoms with Crippen LogP contribution in [0.25, 0.3) is 16.7 Å². The summed E-state index contributed by atoms with van der Waals surface area (Å²) in [5.41, 5.74) is 3.77. The van der Waals surface area contributed by atoms with Gasteiger partial charge < -0.3 is 14.6 Å². The van der Waals surface area contributed by atoms with E-state index in [4.69, 9.17) is 21.3 Å². The molecule has 5 rings (SSSR count). The molecule has 4 aromatic rings. The monoisotopic (exact) mass is 436 g/mol. The molecule has 0 spiro atoms. The number of aromatic nitrogens is 5. The molecule has 2 aromatic carbocycles. The van der Waals surface area contributed by atoms with Crippen LogP contribution in [0.5, 0.6) is 5.75 Å². The van der Waals surface area contributed by atoms with Gasteiger partial charge in [0.05, 0.1) is 47.8 Å². The van der Waals surface area contributed by atoms with Crippen molar-refractivity contribution in [3.05, 3.63) is 64.7 Å². The zero-order chi connectivity index (χ0) is 21.5. The first-order valence-electron chi connectivity index (χ1n) is 10.1. The Hall–Kier alpha value is -3.39. The van der Waals surface area contributed by atoms with Crippen LogP contribution < -0.4 is 4.74 Å². The molecular weight excluding hydrogens is 416 g/mol. The van der Waals surface area contributed by atoms with Crippen LogP contribution in [0, 0.1) is 6.92 Å². The lowest BCUT2D eigenvalue weighted by Gasteiger charge is -2.24. The summed E-state index contributed by atoms with van der Waals surface area (Å²) in [5, 5.41) is 9.08. The van der Waals surface area contributed by atoms with Crippen LogP contribution in [0.1, 0.15) is 40.6 Å². The Morgan fingerprint density at radius 1 is 1.23 bits per heavy atom. The molecule has 1 fully saturated rings. The molecule has 1 saturated heterocycles. The van der Waals surface area contributed by atoms with Crippen molar-refractivity contribution in [1.29, 1.82) is 0 Å². The van der Waals surface area contributed by atoms with Gasteiger partial charge in [-0.1, -0.05) is 11.6 Å². The Kier molecular flexibility index (Phi) is 4.86. The van der Waals surface area contributed by atoms with Gasteiger partial charge in [0, 0.05) is 11.6 Å². The number of benzene rings is 2. The number of rotatable bonds is 4. The fourth-order valence-electron chi connectivity index (χ4n) is 4.14. The molecule has 8 nitrogen and oxygen atoms in total. The minimum absolute atomic E-state index is 0.107. The number of halogens is 1. The second kappa shape index (κ2) is 7.70. The van der Waals surface area contributed by atoms with E-state index >= 15 is 0 Å². The van der Waals surface area contributed by atoms with E-state index in [0.29, 0.717) is 28.6 Å². The molecule has 1 aliphatic heterocycles. The molecule has 0 bridgehead atoms. The molecule has 158 valence electrons. The lowest BCUT2D eigenvalue weighted by Crippen LogP contribution is -2.32. The average molecular weight is 437 g/mol. The molecule has 1 aliphatic rings. The van der Waals surface area contributed by atoms with E-state index in [1.54, 1.807) is 37.7 Å². The van der Waals surface area contributed by atoms with Crippen LogP contribution in [-0.4, -0.2) is 49.4 Å². The molecule has 2 aromatic heterocycles. The number of carbonyl (C=O) groups excluding carboxylic acids is 1. The summed E-state index contributed by atoms with van der Waals surface area (Å²) in [4.78, 5) is 25.2. The van der Waals surface area contributed by atoms with E-state index in [0.717, 1.165) is 35.3 Å². The van der Waals surface area contributed by atoms with Crippen molar-refractivity contribution in [2.75, 3.05) is 13.7 Å². The normalized spacial score (nSPS) is 16.2. The van der Waals surface area contributed by atoms with Crippen LogP contribution in [0.15, 0.2) is 42.7 Å². The number of aryl methyl sites for hydroxylation is 1. The minimum atomic E-state index is -0.150. The Balaban J connectivity index is 1.55. The van der Waals surface area contributed by atoms with Gasteiger partial charge >= 0.3 is 0 Å². The highest BCUT2D eigenvalue weighted by Gasteiger charge is 2.34. The molecule has 0 aliphatic carbocycles. The van der Waals surface area contributed by atoms with Crippen molar-refractivity contribution in [3.63, 3.8) is 0 Å². The van der Waals surface area contributed by atoms with Crippen LogP contribution in [0.4, 0.5) is 0 Å². The highest BCUT2D eigenvalue weighted by molar-refractivity contribution is 6.32. The summed E-state index contributed by atoms with van der Waals surface area (Å²) in [6.07, 6.45) is 4.89. The van der Waals surface area contributed by atoms with Crippen molar-refractivity contribution in [1.82, 2.24) is 29.9 Å². The van der Waals surface area contributed by atoms with Crippen molar-refractivity contribution >= 4 is 28.5 Å². The molecule has 31 heavy (non-hydrogen) atoms. The predicted molar refractivity (Wildman–Crippen MR) is 117 cm³/mol. The van der Waals surface area contributed by atoms with Gasteiger partial charge in [0.25, 0.3) is 5.91 Å². The van der Waals surface area contributed by atoms with E-state index < -0.39 is 0 Å². The molecule has 1 N–H and O–H groups in total. The third-order valence-corrected chi connectivity index (χ3v) is 6.17. The number of nitrogens with one attached hydrogen (secondary N) is 1. The van der Waals surface area contributed by atoms with Gasteiger partial charge in [0.15, 0.2) is 0 Å². The standard InChI is InChI=1S/C22H21ClN6O2/c1-13-16(23)6-7-17-20(13)27-21(26-17)19-4-3-11-28(19)22(30)15-12-14(31-2)5-8-18(15)29-24-9-10-25-29/h5-10,12,19H,3-4,11H2,1-2H3,(H,26,27)/t19-/m0/s1. The van der Waals surface area contributed by atoms with Gasteiger partial charge in [-0.3, -0.25) is 4.79 Å². The van der Waals surface area contributed by atoms with Crippen LogP contribution in [0.2, 0.25) is 5.02 Å². The van der Waals surface area contributed by atoms with E-state index in [9.17, 15) is 4.79 Å². The molecule has 0 saturated carbocycles. The first kappa shape index (κ1) is 19.6. The minimum Gasteiger partial charge on any atom is -0.497 e. The van der Waals surface area contributed by atoms with E-state index in [-0.39, 0.29) is 11.9 Å². The summed E-state index contributed by atoms with van der Waals surface area (Å²) in [7, 11) is 1.58. The smallest absolute Gasteiger partial charge is 0.256 e. The Morgan fingerprint density at radius 2 is 2.03 bits per heavy atom. The third kappa shape index (κ3) is 3.33. The predicted octanol–water partition coefficient (Wildman–Crippen LogP) is 4.09. The lowest BCUT2D eigenvalue weighted by molar-refractivity contribution is 0.0730. The van der Waals surface area contributed by atoms with Gasteiger partial charge in [0.1, 0.15) is 11.6 Å². The first-order valence-corrected chi connectivity index (χ1v) is 10.4. The van der Waals surface area contributed by atoms with Gasteiger partial charge in [0.2, 0.25) is 0 Å². The van der Waals surface area contributed by atoms with E-state index in [1.165, 1.54) is 4.80 Å².